The van der Waals surface area contributed by atoms with E-state index in [1.165, 1.54) is 32.1 Å². The van der Waals surface area contributed by atoms with Gasteiger partial charge in [0.15, 0.2) is 5.82 Å². The zero-order chi connectivity index (χ0) is 11.9. The van der Waals surface area contributed by atoms with Gasteiger partial charge in [-0.15, -0.1) is 0 Å². The summed E-state index contributed by atoms with van der Waals surface area (Å²) in [6.45, 7) is 2.24. The van der Waals surface area contributed by atoms with Crippen molar-refractivity contribution in [1.29, 1.82) is 0 Å². The van der Waals surface area contributed by atoms with E-state index in [1.54, 1.807) is 0 Å². The molecular weight excluding hydrogens is 214 g/mol. The molecule has 0 bridgehead atoms. The van der Waals surface area contributed by atoms with Gasteiger partial charge >= 0.3 is 0 Å². The minimum atomic E-state index is -0.0142. The van der Waals surface area contributed by atoms with E-state index in [0.717, 1.165) is 18.7 Å². The molecule has 1 heterocycles. The van der Waals surface area contributed by atoms with E-state index in [1.807, 2.05) is 0 Å². The van der Waals surface area contributed by atoms with Crippen LogP contribution in [0.4, 0.5) is 0 Å². The highest BCUT2D eigenvalue weighted by Crippen LogP contribution is 2.41. The molecule has 1 atom stereocenters. The van der Waals surface area contributed by atoms with Gasteiger partial charge in [-0.05, 0) is 31.6 Å². The van der Waals surface area contributed by atoms with E-state index in [4.69, 9.17) is 10.3 Å². The summed E-state index contributed by atoms with van der Waals surface area (Å²) in [6, 6.07) is -0.0142. The van der Waals surface area contributed by atoms with Crippen LogP contribution in [0.25, 0.3) is 0 Å². The summed E-state index contributed by atoms with van der Waals surface area (Å²) < 4.78 is 5.47. The van der Waals surface area contributed by atoms with Gasteiger partial charge in [-0.3, -0.25) is 0 Å². The minimum Gasteiger partial charge on any atom is -0.339 e. The van der Waals surface area contributed by atoms with Gasteiger partial charge in [0.2, 0.25) is 5.89 Å². The lowest BCUT2D eigenvalue weighted by molar-refractivity contribution is 0.231. The standard InChI is InChI=1S/C13H21N3O/c1-13(7-3-2-4-8-13)12-15-11(16-17-12)10(14)9-5-6-9/h9-10H,2-8,14H2,1H3. The molecule has 0 amide bonds. The monoisotopic (exact) mass is 235 g/mol. The van der Waals surface area contributed by atoms with Crippen LogP contribution in [0.15, 0.2) is 4.52 Å². The fraction of sp³-hybridized carbons (Fsp3) is 0.846. The molecule has 17 heavy (non-hydrogen) atoms. The zero-order valence-electron chi connectivity index (χ0n) is 10.5. The molecule has 4 nitrogen and oxygen atoms in total. The Labute approximate surface area is 102 Å². The molecule has 94 valence electrons. The molecule has 3 rings (SSSR count). The fourth-order valence-corrected chi connectivity index (χ4v) is 2.83. The van der Waals surface area contributed by atoms with Crippen molar-refractivity contribution in [3.05, 3.63) is 11.7 Å². The SMILES string of the molecule is CC1(c2nc(C(N)C3CC3)no2)CCCCC1. The highest BCUT2D eigenvalue weighted by molar-refractivity contribution is 5.07. The van der Waals surface area contributed by atoms with Gasteiger partial charge in [0, 0.05) is 5.41 Å². The molecule has 4 heteroatoms. The van der Waals surface area contributed by atoms with E-state index < -0.39 is 0 Å². The van der Waals surface area contributed by atoms with Gasteiger partial charge in [-0.1, -0.05) is 31.3 Å². The summed E-state index contributed by atoms with van der Waals surface area (Å²) in [5.41, 5.74) is 6.19. The van der Waals surface area contributed by atoms with Crippen molar-refractivity contribution in [1.82, 2.24) is 10.1 Å². The van der Waals surface area contributed by atoms with Crippen LogP contribution in [0.3, 0.4) is 0 Å². The average molecular weight is 235 g/mol. The Morgan fingerprint density at radius 3 is 2.65 bits per heavy atom. The van der Waals surface area contributed by atoms with E-state index in [2.05, 4.69) is 17.1 Å². The number of nitrogens with zero attached hydrogens (tertiary/aromatic N) is 2. The Hall–Kier alpha value is -0.900. The van der Waals surface area contributed by atoms with Gasteiger partial charge in [0.1, 0.15) is 0 Å². The lowest BCUT2D eigenvalue weighted by Gasteiger charge is -2.29. The van der Waals surface area contributed by atoms with Crippen LogP contribution in [0.5, 0.6) is 0 Å². The lowest BCUT2D eigenvalue weighted by Crippen LogP contribution is -2.25. The van der Waals surface area contributed by atoms with Crippen LogP contribution in [0.2, 0.25) is 0 Å². The fourth-order valence-electron chi connectivity index (χ4n) is 2.83. The van der Waals surface area contributed by atoms with Crippen molar-refractivity contribution < 1.29 is 4.52 Å². The molecule has 1 aromatic heterocycles. The third-order valence-corrected chi connectivity index (χ3v) is 4.34. The highest BCUT2D eigenvalue weighted by atomic mass is 16.5. The molecule has 0 radical (unpaired) electrons. The second-order valence-corrected chi connectivity index (χ2v) is 5.94. The van der Waals surface area contributed by atoms with E-state index >= 15 is 0 Å². The Morgan fingerprint density at radius 1 is 1.29 bits per heavy atom. The molecule has 1 unspecified atom stereocenters. The Bertz CT molecular complexity index is 391. The molecule has 2 saturated carbocycles. The van der Waals surface area contributed by atoms with Gasteiger partial charge in [-0.25, -0.2) is 0 Å². The number of aromatic nitrogens is 2. The number of hydrogen-bond donors (Lipinski definition) is 1. The van der Waals surface area contributed by atoms with Gasteiger partial charge in [0.05, 0.1) is 6.04 Å². The van der Waals surface area contributed by atoms with E-state index in [-0.39, 0.29) is 11.5 Å². The summed E-state index contributed by atoms with van der Waals surface area (Å²) in [7, 11) is 0. The summed E-state index contributed by atoms with van der Waals surface area (Å²) in [4.78, 5) is 4.56. The maximum atomic E-state index is 6.10. The van der Waals surface area contributed by atoms with Crippen molar-refractivity contribution in [2.45, 2.75) is 63.3 Å². The van der Waals surface area contributed by atoms with Crippen molar-refractivity contribution in [2.24, 2.45) is 11.7 Å². The molecule has 0 spiro atoms. The zero-order valence-corrected chi connectivity index (χ0v) is 10.5. The van der Waals surface area contributed by atoms with Crippen molar-refractivity contribution in [3.8, 4) is 0 Å². The molecule has 0 aliphatic heterocycles. The molecule has 0 aromatic carbocycles. The lowest BCUT2D eigenvalue weighted by atomic mass is 9.75. The predicted octanol–water partition coefficient (Wildman–Crippen LogP) is 2.70. The van der Waals surface area contributed by atoms with Crippen molar-refractivity contribution in [3.63, 3.8) is 0 Å². The Kier molecular flexibility index (Phi) is 2.69. The third-order valence-electron chi connectivity index (χ3n) is 4.34. The van der Waals surface area contributed by atoms with Crippen LogP contribution in [0.1, 0.15) is 69.6 Å². The first-order valence-corrected chi connectivity index (χ1v) is 6.79. The smallest absolute Gasteiger partial charge is 0.232 e. The van der Waals surface area contributed by atoms with Crippen LogP contribution >= 0.6 is 0 Å². The average Bonchev–Trinajstić information content (AvgIpc) is 3.06. The van der Waals surface area contributed by atoms with Gasteiger partial charge in [0.25, 0.3) is 0 Å². The second-order valence-electron chi connectivity index (χ2n) is 5.94. The normalized spacial score (nSPS) is 25.8. The second kappa shape index (κ2) is 4.09. The summed E-state index contributed by atoms with van der Waals surface area (Å²) in [5, 5.41) is 4.09. The summed E-state index contributed by atoms with van der Waals surface area (Å²) >= 11 is 0. The molecule has 1 aromatic rings. The van der Waals surface area contributed by atoms with Crippen molar-refractivity contribution in [2.75, 3.05) is 0 Å². The molecule has 2 N–H and O–H groups in total. The van der Waals surface area contributed by atoms with E-state index in [9.17, 15) is 0 Å². The molecule has 2 aliphatic rings. The van der Waals surface area contributed by atoms with Crippen LogP contribution in [-0.2, 0) is 5.41 Å². The minimum absolute atomic E-state index is 0.0142. The third kappa shape index (κ3) is 2.10. The van der Waals surface area contributed by atoms with Gasteiger partial charge in [-0.2, -0.15) is 4.98 Å². The predicted molar refractivity (Wildman–Crippen MR) is 64.4 cm³/mol. The number of hydrogen-bond acceptors (Lipinski definition) is 4. The highest BCUT2D eigenvalue weighted by Gasteiger charge is 2.37. The van der Waals surface area contributed by atoms with Crippen molar-refractivity contribution >= 4 is 0 Å². The molecular formula is C13H21N3O. The largest absolute Gasteiger partial charge is 0.339 e. The maximum absolute atomic E-state index is 6.10. The Morgan fingerprint density at radius 2 is 2.00 bits per heavy atom. The summed E-state index contributed by atoms with van der Waals surface area (Å²) in [6.07, 6.45) is 8.61. The molecule has 0 saturated heterocycles. The molecule has 2 aliphatic carbocycles. The van der Waals surface area contributed by atoms with Gasteiger partial charge < -0.3 is 10.3 Å². The first-order valence-electron chi connectivity index (χ1n) is 6.79. The van der Waals surface area contributed by atoms with E-state index in [0.29, 0.717) is 11.7 Å². The maximum Gasteiger partial charge on any atom is 0.232 e. The topological polar surface area (TPSA) is 64.9 Å². The Balaban J connectivity index is 1.78. The quantitative estimate of drug-likeness (QED) is 0.874. The number of nitrogens with two attached hydrogens (primary N) is 1. The summed E-state index contributed by atoms with van der Waals surface area (Å²) in [5.74, 6) is 2.11. The molecule has 2 fully saturated rings. The van der Waals surface area contributed by atoms with Crippen LogP contribution in [-0.4, -0.2) is 10.1 Å². The first kappa shape index (κ1) is 11.2. The van der Waals surface area contributed by atoms with Crippen LogP contribution < -0.4 is 5.73 Å². The van der Waals surface area contributed by atoms with Crippen LogP contribution in [0, 0.1) is 5.92 Å². The number of rotatable bonds is 3. The first-order chi connectivity index (χ1) is 8.19.